The van der Waals surface area contributed by atoms with Crippen molar-refractivity contribution < 1.29 is 22.7 Å². The molecule has 1 saturated carbocycles. The molecule has 102 valence electrons. The Kier molecular flexibility index (Phi) is 4.12. The fourth-order valence-electron chi connectivity index (χ4n) is 1.80. The molecule has 1 aromatic heterocycles. The first-order valence-electron chi connectivity index (χ1n) is 5.40. The molecule has 1 aliphatic rings. The SMILES string of the molecule is COC1CC(NS(=O)(=O)c2cc(CO)oc2Br)C1. The lowest BCUT2D eigenvalue weighted by molar-refractivity contribution is 0.0236. The van der Waals surface area contributed by atoms with E-state index in [-0.39, 0.29) is 34.1 Å². The quantitative estimate of drug-likeness (QED) is 0.835. The highest BCUT2D eigenvalue weighted by molar-refractivity contribution is 9.10. The molecule has 0 aliphatic heterocycles. The predicted molar refractivity (Wildman–Crippen MR) is 66.5 cm³/mol. The molecule has 6 nitrogen and oxygen atoms in total. The molecule has 0 bridgehead atoms. The number of nitrogens with one attached hydrogen (secondary N) is 1. The van der Waals surface area contributed by atoms with Gasteiger partial charge in [-0.15, -0.1) is 0 Å². The standard InChI is InChI=1S/C10H14BrNO5S/c1-16-7-2-6(3-7)12-18(14,15)9-4-8(5-13)17-10(9)11/h4,6-7,12-13H,2-3,5H2,1H3. The van der Waals surface area contributed by atoms with Crippen molar-refractivity contribution in [3.8, 4) is 0 Å². The number of ether oxygens (including phenoxy) is 1. The third-order valence-electron chi connectivity index (χ3n) is 2.90. The predicted octanol–water partition coefficient (Wildman–Crippen LogP) is 0.990. The van der Waals surface area contributed by atoms with E-state index in [1.165, 1.54) is 6.07 Å². The largest absolute Gasteiger partial charge is 0.450 e. The van der Waals surface area contributed by atoms with Crippen molar-refractivity contribution in [3.63, 3.8) is 0 Å². The van der Waals surface area contributed by atoms with Gasteiger partial charge in [0, 0.05) is 19.2 Å². The summed E-state index contributed by atoms with van der Waals surface area (Å²) in [5.74, 6) is 0.200. The summed E-state index contributed by atoms with van der Waals surface area (Å²) in [6.07, 6.45) is 1.45. The van der Waals surface area contributed by atoms with Gasteiger partial charge in [-0.1, -0.05) is 0 Å². The molecule has 0 atom stereocenters. The van der Waals surface area contributed by atoms with E-state index in [2.05, 4.69) is 20.7 Å². The normalized spacial score (nSPS) is 23.9. The van der Waals surface area contributed by atoms with Crippen LogP contribution < -0.4 is 4.72 Å². The number of furan rings is 1. The Balaban J connectivity index is 2.09. The Morgan fingerprint density at radius 3 is 2.78 bits per heavy atom. The Bertz CT molecular complexity index is 520. The molecular weight excluding hydrogens is 326 g/mol. The minimum atomic E-state index is -3.63. The highest BCUT2D eigenvalue weighted by Gasteiger charge is 2.34. The number of sulfonamides is 1. The Labute approximate surface area is 113 Å². The molecule has 2 N–H and O–H groups in total. The Morgan fingerprint density at radius 1 is 1.61 bits per heavy atom. The van der Waals surface area contributed by atoms with Gasteiger partial charge in [0.15, 0.2) is 4.67 Å². The third-order valence-corrected chi connectivity index (χ3v) is 5.28. The minimum Gasteiger partial charge on any atom is -0.450 e. The van der Waals surface area contributed by atoms with Crippen molar-refractivity contribution in [2.24, 2.45) is 0 Å². The molecule has 18 heavy (non-hydrogen) atoms. The number of rotatable bonds is 5. The highest BCUT2D eigenvalue weighted by Crippen LogP contribution is 2.29. The molecule has 0 spiro atoms. The Hall–Kier alpha value is -0.410. The number of aliphatic hydroxyl groups is 1. The zero-order valence-electron chi connectivity index (χ0n) is 9.72. The first kappa shape index (κ1) is 14.0. The molecule has 0 saturated heterocycles. The zero-order valence-corrected chi connectivity index (χ0v) is 12.1. The van der Waals surface area contributed by atoms with Crippen LogP contribution in [0.1, 0.15) is 18.6 Å². The van der Waals surface area contributed by atoms with Gasteiger partial charge in [0.25, 0.3) is 0 Å². The fraction of sp³-hybridized carbons (Fsp3) is 0.600. The molecule has 0 amide bonds. The highest BCUT2D eigenvalue weighted by atomic mass is 79.9. The van der Waals surface area contributed by atoms with Gasteiger partial charge in [0.05, 0.1) is 6.10 Å². The van der Waals surface area contributed by atoms with Crippen molar-refractivity contribution in [1.82, 2.24) is 4.72 Å². The summed E-state index contributed by atoms with van der Waals surface area (Å²) in [7, 11) is -2.02. The second-order valence-corrected chi connectivity index (χ2v) is 6.56. The number of hydrogen-bond donors (Lipinski definition) is 2. The van der Waals surface area contributed by atoms with Gasteiger partial charge in [0.1, 0.15) is 17.3 Å². The van der Waals surface area contributed by atoms with Crippen LogP contribution in [0.15, 0.2) is 20.0 Å². The van der Waals surface area contributed by atoms with Crippen LogP contribution in [0.5, 0.6) is 0 Å². The van der Waals surface area contributed by atoms with Crippen LogP contribution >= 0.6 is 15.9 Å². The topological polar surface area (TPSA) is 88.8 Å². The summed E-state index contributed by atoms with van der Waals surface area (Å²) in [4.78, 5) is 0.00687. The number of halogens is 1. The van der Waals surface area contributed by atoms with Gasteiger partial charge in [0.2, 0.25) is 10.0 Å². The molecule has 2 rings (SSSR count). The molecule has 1 aromatic rings. The zero-order chi connectivity index (χ0) is 13.3. The molecule has 0 radical (unpaired) electrons. The molecule has 1 heterocycles. The molecule has 1 fully saturated rings. The first-order valence-corrected chi connectivity index (χ1v) is 7.68. The number of methoxy groups -OCH3 is 1. The van der Waals surface area contributed by atoms with Gasteiger partial charge >= 0.3 is 0 Å². The maximum atomic E-state index is 12.1. The summed E-state index contributed by atoms with van der Waals surface area (Å²) in [6.45, 7) is -0.344. The van der Waals surface area contributed by atoms with E-state index in [1.807, 2.05) is 0 Å². The second kappa shape index (κ2) is 5.30. The van der Waals surface area contributed by atoms with Gasteiger partial charge in [-0.25, -0.2) is 13.1 Å². The van der Waals surface area contributed by atoms with E-state index in [0.29, 0.717) is 12.8 Å². The number of aliphatic hydroxyl groups excluding tert-OH is 1. The van der Waals surface area contributed by atoms with E-state index in [4.69, 9.17) is 14.3 Å². The van der Waals surface area contributed by atoms with Crippen LogP contribution in [-0.2, 0) is 21.4 Å². The smallest absolute Gasteiger partial charge is 0.245 e. The van der Waals surface area contributed by atoms with Gasteiger partial charge in [-0.3, -0.25) is 0 Å². The van der Waals surface area contributed by atoms with Gasteiger partial charge in [-0.05, 0) is 28.8 Å². The van der Waals surface area contributed by atoms with Gasteiger partial charge < -0.3 is 14.3 Å². The van der Waals surface area contributed by atoms with Crippen molar-refractivity contribution in [2.75, 3.05) is 7.11 Å². The molecular formula is C10H14BrNO5S. The average Bonchev–Trinajstić information content (AvgIpc) is 2.65. The summed E-state index contributed by atoms with van der Waals surface area (Å²) < 4.78 is 36.9. The maximum absolute atomic E-state index is 12.1. The van der Waals surface area contributed by atoms with Gasteiger partial charge in [-0.2, -0.15) is 0 Å². The van der Waals surface area contributed by atoms with E-state index in [1.54, 1.807) is 7.11 Å². The molecule has 1 aliphatic carbocycles. The van der Waals surface area contributed by atoms with E-state index < -0.39 is 10.0 Å². The van der Waals surface area contributed by atoms with Crippen molar-refractivity contribution in [3.05, 3.63) is 16.5 Å². The van der Waals surface area contributed by atoms with Crippen LogP contribution in [0.3, 0.4) is 0 Å². The summed E-state index contributed by atoms with van der Waals surface area (Å²) in [5, 5.41) is 8.90. The molecule has 0 unspecified atom stereocenters. The lowest BCUT2D eigenvalue weighted by Crippen LogP contribution is -2.47. The monoisotopic (exact) mass is 339 g/mol. The van der Waals surface area contributed by atoms with Crippen molar-refractivity contribution in [1.29, 1.82) is 0 Å². The average molecular weight is 340 g/mol. The fourth-order valence-corrected chi connectivity index (χ4v) is 4.06. The summed E-state index contributed by atoms with van der Waals surface area (Å²) >= 11 is 3.03. The van der Waals surface area contributed by atoms with Crippen LogP contribution in [-0.4, -0.2) is 32.8 Å². The maximum Gasteiger partial charge on any atom is 0.245 e. The third kappa shape index (κ3) is 2.77. The minimum absolute atomic E-state index is 0.00687. The van der Waals surface area contributed by atoms with Crippen LogP contribution in [0.25, 0.3) is 0 Å². The van der Waals surface area contributed by atoms with Crippen LogP contribution in [0.4, 0.5) is 0 Å². The lowest BCUT2D eigenvalue weighted by atomic mass is 9.90. The second-order valence-electron chi connectivity index (χ2n) is 4.16. The lowest BCUT2D eigenvalue weighted by Gasteiger charge is -2.34. The van der Waals surface area contributed by atoms with E-state index in [0.717, 1.165) is 0 Å². The van der Waals surface area contributed by atoms with Crippen LogP contribution in [0, 0.1) is 0 Å². The van der Waals surface area contributed by atoms with Crippen molar-refractivity contribution >= 4 is 26.0 Å². The molecule has 8 heteroatoms. The van der Waals surface area contributed by atoms with E-state index in [9.17, 15) is 8.42 Å². The van der Waals surface area contributed by atoms with Crippen LogP contribution in [0.2, 0.25) is 0 Å². The van der Waals surface area contributed by atoms with Crippen molar-refractivity contribution in [2.45, 2.75) is 36.5 Å². The molecule has 0 aromatic carbocycles. The number of hydrogen-bond acceptors (Lipinski definition) is 5. The first-order chi connectivity index (χ1) is 8.46. The summed E-state index contributed by atoms with van der Waals surface area (Å²) in [5.41, 5.74) is 0. The summed E-state index contributed by atoms with van der Waals surface area (Å²) in [6, 6.07) is 1.19. The Morgan fingerprint density at radius 2 is 2.28 bits per heavy atom. The van der Waals surface area contributed by atoms with E-state index >= 15 is 0 Å².